The first-order valence-electron chi connectivity index (χ1n) is 12.6. The van der Waals surface area contributed by atoms with Crippen LogP contribution in [-0.4, -0.2) is 47.9 Å². The van der Waals surface area contributed by atoms with E-state index < -0.39 is 0 Å². The van der Waals surface area contributed by atoms with E-state index in [9.17, 15) is 14.4 Å². The van der Waals surface area contributed by atoms with Crippen molar-refractivity contribution in [1.82, 2.24) is 15.5 Å². The quantitative estimate of drug-likeness (QED) is 0.590. The molecule has 36 heavy (non-hydrogen) atoms. The van der Waals surface area contributed by atoms with Crippen LogP contribution in [0, 0.1) is 18.3 Å². The van der Waals surface area contributed by atoms with Crippen molar-refractivity contribution in [1.29, 1.82) is 5.26 Å². The molecule has 0 radical (unpaired) electrons. The van der Waals surface area contributed by atoms with E-state index in [1.165, 1.54) is 12.5 Å². The number of hydrogen-bond acceptors (Lipinski definition) is 4. The molecule has 2 atom stereocenters. The Bertz CT molecular complexity index is 1160. The number of nitriles is 1. The third kappa shape index (κ3) is 6.22. The summed E-state index contributed by atoms with van der Waals surface area (Å²) in [5.74, 6) is 0.285. The van der Waals surface area contributed by atoms with Gasteiger partial charge < -0.3 is 20.9 Å². The summed E-state index contributed by atoms with van der Waals surface area (Å²) in [6.45, 7) is 4.73. The van der Waals surface area contributed by atoms with Crippen molar-refractivity contribution in [3.63, 3.8) is 0 Å². The van der Waals surface area contributed by atoms with Crippen molar-refractivity contribution >= 4 is 23.5 Å². The Balaban J connectivity index is 1.32. The Hall–Kier alpha value is -3.86. The first kappa shape index (κ1) is 25.2. The van der Waals surface area contributed by atoms with Gasteiger partial charge in [0.1, 0.15) is 0 Å². The highest BCUT2D eigenvalue weighted by Gasteiger charge is 2.27. The lowest BCUT2D eigenvalue weighted by atomic mass is 9.89. The number of aryl methyl sites for hydroxylation is 1. The third-order valence-corrected chi connectivity index (χ3v) is 7.20. The van der Waals surface area contributed by atoms with Crippen molar-refractivity contribution in [2.75, 3.05) is 18.4 Å². The highest BCUT2D eigenvalue weighted by Crippen LogP contribution is 2.29. The molecule has 0 unspecified atom stereocenters. The number of anilines is 1. The van der Waals surface area contributed by atoms with Gasteiger partial charge in [0.2, 0.25) is 5.91 Å². The summed E-state index contributed by atoms with van der Waals surface area (Å²) in [5, 5.41) is 17.8. The summed E-state index contributed by atoms with van der Waals surface area (Å²) in [6, 6.07) is 15.1. The van der Waals surface area contributed by atoms with Gasteiger partial charge in [0, 0.05) is 43.3 Å². The average Bonchev–Trinajstić information content (AvgIpc) is 3.30. The van der Waals surface area contributed by atoms with E-state index in [4.69, 9.17) is 5.26 Å². The predicted molar refractivity (Wildman–Crippen MR) is 138 cm³/mol. The SMILES string of the molecule is CC(=O)N[C@H]1CC[C@H](NC(=O)Nc2cc(C(=O)N3CCC(c4ccc(C#N)cc4)CC3)ccc2C)C1. The molecule has 188 valence electrons. The van der Waals surface area contributed by atoms with E-state index >= 15 is 0 Å². The van der Waals surface area contributed by atoms with Crippen molar-refractivity contribution < 1.29 is 14.4 Å². The van der Waals surface area contributed by atoms with E-state index in [-0.39, 0.29) is 29.9 Å². The Morgan fingerprint density at radius 3 is 2.25 bits per heavy atom. The number of rotatable bonds is 5. The van der Waals surface area contributed by atoms with Gasteiger partial charge in [-0.15, -0.1) is 0 Å². The summed E-state index contributed by atoms with van der Waals surface area (Å²) in [6.07, 6.45) is 4.11. The number of likely N-dealkylation sites (tertiary alicyclic amines) is 1. The minimum Gasteiger partial charge on any atom is -0.354 e. The zero-order valence-electron chi connectivity index (χ0n) is 20.8. The van der Waals surface area contributed by atoms with Gasteiger partial charge in [-0.1, -0.05) is 18.2 Å². The monoisotopic (exact) mass is 487 g/mol. The lowest BCUT2D eigenvalue weighted by Gasteiger charge is -2.32. The first-order valence-corrected chi connectivity index (χ1v) is 12.6. The van der Waals surface area contributed by atoms with E-state index in [0.29, 0.717) is 42.2 Å². The fourth-order valence-electron chi connectivity index (χ4n) is 5.19. The van der Waals surface area contributed by atoms with Crippen molar-refractivity contribution in [2.24, 2.45) is 0 Å². The van der Waals surface area contributed by atoms with Crippen LogP contribution in [0.1, 0.15) is 72.0 Å². The lowest BCUT2D eigenvalue weighted by Crippen LogP contribution is -2.39. The molecular weight excluding hydrogens is 454 g/mol. The molecule has 3 N–H and O–H groups in total. The minimum absolute atomic E-state index is 0.00405. The molecule has 1 saturated carbocycles. The molecule has 2 aliphatic rings. The highest BCUT2D eigenvalue weighted by molar-refractivity contribution is 5.97. The van der Waals surface area contributed by atoms with Gasteiger partial charge in [-0.2, -0.15) is 5.26 Å². The van der Waals surface area contributed by atoms with Crippen LogP contribution >= 0.6 is 0 Å². The molecule has 1 heterocycles. The van der Waals surface area contributed by atoms with E-state index in [1.807, 2.05) is 48.2 Å². The maximum Gasteiger partial charge on any atom is 0.319 e. The average molecular weight is 488 g/mol. The summed E-state index contributed by atoms with van der Waals surface area (Å²) >= 11 is 0. The number of piperidine rings is 1. The van der Waals surface area contributed by atoms with Gasteiger partial charge in [-0.3, -0.25) is 9.59 Å². The Kier molecular flexibility index (Phi) is 7.89. The summed E-state index contributed by atoms with van der Waals surface area (Å²) in [4.78, 5) is 39.0. The molecule has 2 aromatic carbocycles. The normalized spacial score (nSPS) is 19.9. The van der Waals surface area contributed by atoms with Gasteiger partial charge in [0.25, 0.3) is 5.91 Å². The second kappa shape index (κ2) is 11.3. The predicted octanol–water partition coefficient (Wildman–Crippen LogP) is 4.07. The summed E-state index contributed by atoms with van der Waals surface area (Å²) in [5.41, 5.74) is 3.91. The minimum atomic E-state index is -0.306. The third-order valence-electron chi connectivity index (χ3n) is 7.20. The van der Waals surface area contributed by atoms with Gasteiger partial charge in [0.05, 0.1) is 11.6 Å². The largest absolute Gasteiger partial charge is 0.354 e. The van der Waals surface area contributed by atoms with Crippen LogP contribution in [0.5, 0.6) is 0 Å². The number of nitrogens with zero attached hydrogens (tertiary/aromatic N) is 2. The molecule has 0 bridgehead atoms. The molecule has 4 amide bonds. The van der Waals surface area contributed by atoms with Crippen LogP contribution in [0.25, 0.3) is 0 Å². The molecule has 2 fully saturated rings. The Morgan fingerprint density at radius 2 is 1.61 bits per heavy atom. The fraction of sp³-hybridized carbons (Fsp3) is 0.429. The molecule has 1 aliphatic heterocycles. The number of benzene rings is 2. The number of nitrogens with one attached hydrogen (secondary N) is 3. The molecule has 1 aliphatic carbocycles. The molecule has 8 nitrogen and oxygen atoms in total. The Labute approximate surface area is 212 Å². The smallest absolute Gasteiger partial charge is 0.319 e. The molecule has 8 heteroatoms. The van der Waals surface area contributed by atoms with Crippen molar-refractivity contribution in [3.8, 4) is 6.07 Å². The van der Waals surface area contributed by atoms with E-state index in [0.717, 1.165) is 31.2 Å². The van der Waals surface area contributed by atoms with Crippen LogP contribution in [0.2, 0.25) is 0 Å². The number of carbonyl (C=O) groups is 3. The highest BCUT2D eigenvalue weighted by atomic mass is 16.2. The van der Waals surface area contributed by atoms with Crippen LogP contribution in [0.15, 0.2) is 42.5 Å². The molecule has 0 spiro atoms. The summed E-state index contributed by atoms with van der Waals surface area (Å²) < 4.78 is 0. The molecule has 2 aromatic rings. The van der Waals surface area contributed by atoms with Gasteiger partial charge >= 0.3 is 6.03 Å². The lowest BCUT2D eigenvalue weighted by molar-refractivity contribution is -0.119. The summed E-state index contributed by atoms with van der Waals surface area (Å²) in [7, 11) is 0. The van der Waals surface area contributed by atoms with Crippen molar-refractivity contribution in [2.45, 2.75) is 64.0 Å². The number of carbonyl (C=O) groups excluding carboxylic acids is 3. The maximum atomic E-state index is 13.2. The van der Waals surface area contributed by atoms with Crippen LogP contribution < -0.4 is 16.0 Å². The first-order chi connectivity index (χ1) is 17.3. The number of urea groups is 1. The van der Waals surface area contributed by atoms with Crippen molar-refractivity contribution in [3.05, 3.63) is 64.7 Å². The van der Waals surface area contributed by atoms with Crippen LogP contribution in [-0.2, 0) is 4.79 Å². The second-order valence-corrected chi connectivity index (χ2v) is 9.84. The van der Waals surface area contributed by atoms with Gasteiger partial charge in [0.15, 0.2) is 0 Å². The molecule has 4 rings (SSSR count). The molecule has 0 aromatic heterocycles. The van der Waals surface area contributed by atoms with E-state index in [1.54, 1.807) is 6.07 Å². The van der Waals surface area contributed by atoms with Crippen LogP contribution in [0.4, 0.5) is 10.5 Å². The topological polar surface area (TPSA) is 114 Å². The standard InChI is InChI=1S/C28H33N5O3/c1-18-3-6-23(15-26(18)32-28(36)31-25-10-9-24(16-25)30-19(2)34)27(35)33-13-11-22(12-14-33)21-7-4-20(17-29)5-8-21/h3-8,15,22,24-25H,9-14,16H2,1-2H3,(H,30,34)(H2,31,32,36)/t24-,25-/m0/s1. The maximum absolute atomic E-state index is 13.2. The second-order valence-electron chi connectivity index (χ2n) is 9.84. The molecular formula is C28H33N5O3. The zero-order chi connectivity index (χ0) is 25.7. The number of amides is 4. The van der Waals surface area contributed by atoms with E-state index in [2.05, 4.69) is 22.0 Å². The van der Waals surface area contributed by atoms with Gasteiger partial charge in [-0.05, 0) is 80.3 Å². The van der Waals surface area contributed by atoms with Gasteiger partial charge in [-0.25, -0.2) is 4.79 Å². The Morgan fingerprint density at radius 1 is 0.944 bits per heavy atom. The zero-order valence-corrected chi connectivity index (χ0v) is 20.8. The van der Waals surface area contributed by atoms with Crippen LogP contribution in [0.3, 0.4) is 0 Å². The molecule has 1 saturated heterocycles. The number of hydrogen-bond donors (Lipinski definition) is 3. The fourth-order valence-corrected chi connectivity index (χ4v) is 5.19.